The predicted octanol–water partition coefficient (Wildman–Crippen LogP) is 1.50. The van der Waals surface area contributed by atoms with E-state index in [1.807, 2.05) is 0 Å². The molecule has 0 radical (unpaired) electrons. The highest BCUT2D eigenvalue weighted by molar-refractivity contribution is 7.99. The number of hydrogen-bond donors (Lipinski definition) is 2. The van der Waals surface area contributed by atoms with Crippen LogP contribution in [0.4, 0.5) is 0 Å². The molecule has 3 aliphatic rings. The molecule has 2 N–H and O–H groups in total. The first-order chi connectivity index (χ1) is 9.80. The van der Waals surface area contributed by atoms with Crippen molar-refractivity contribution < 1.29 is 4.79 Å². The molecule has 0 atom stereocenters. The largest absolute Gasteiger partial charge is 0.354 e. The molecule has 21 heavy (non-hydrogen) atoms. The molecule has 122 valence electrons. The summed E-state index contributed by atoms with van der Waals surface area (Å²) in [5.74, 6) is 2.98. The standard InChI is InChI=1S/C15H27N3OS.ClH/c19-14(13-10-16-11-13)17-12-15(4-2-1-3-5-15)18-6-8-20-9-7-18;/h13,16H,1-12H2,(H,17,19);1H. The van der Waals surface area contributed by atoms with Crippen LogP contribution < -0.4 is 10.6 Å². The highest BCUT2D eigenvalue weighted by Gasteiger charge is 2.39. The van der Waals surface area contributed by atoms with Gasteiger partial charge in [-0.15, -0.1) is 12.4 Å². The van der Waals surface area contributed by atoms with E-state index >= 15 is 0 Å². The summed E-state index contributed by atoms with van der Waals surface area (Å²) in [4.78, 5) is 14.8. The fraction of sp³-hybridized carbons (Fsp3) is 0.933. The van der Waals surface area contributed by atoms with Gasteiger partial charge in [0.15, 0.2) is 0 Å². The number of halogens is 1. The molecule has 0 unspecified atom stereocenters. The quantitative estimate of drug-likeness (QED) is 0.818. The zero-order chi connectivity index (χ0) is 13.8. The maximum absolute atomic E-state index is 12.1. The topological polar surface area (TPSA) is 44.4 Å². The van der Waals surface area contributed by atoms with Crippen LogP contribution in [0.3, 0.4) is 0 Å². The van der Waals surface area contributed by atoms with E-state index in [9.17, 15) is 4.79 Å². The van der Waals surface area contributed by atoms with Crippen LogP contribution in [0.1, 0.15) is 32.1 Å². The Hall–Kier alpha value is 0.0300. The minimum Gasteiger partial charge on any atom is -0.354 e. The third kappa shape index (κ3) is 4.06. The normalized spacial score (nSPS) is 26.5. The van der Waals surface area contributed by atoms with E-state index in [1.165, 1.54) is 56.7 Å². The van der Waals surface area contributed by atoms with Gasteiger partial charge in [0.05, 0.1) is 5.92 Å². The molecule has 2 saturated heterocycles. The van der Waals surface area contributed by atoms with Crippen molar-refractivity contribution in [3.8, 4) is 0 Å². The molecule has 3 fully saturated rings. The van der Waals surface area contributed by atoms with Crippen molar-refractivity contribution in [3.63, 3.8) is 0 Å². The Morgan fingerprint density at radius 1 is 1.19 bits per heavy atom. The van der Waals surface area contributed by atoms with Crippen LogP contribution in [-0.2, 0) is 4.79 Å². The molecule has 0 aromatic heterocycles. The van der Waals surface area contributed by atoms with E-state index in [2.05, 4.69) is 27.3 Å². The Bertz CT molecular complexity index is 340. The summed E-state index contributed by atoms with van der Waals surface area (Å²) in [6.45, 7) is 4.99. The molecule has 2 heterocycles. The summed E-state index contributed by atoms with van der Waals surface area (Å²) in [6, 6.07) is 0. The summed E-state index contributed by atoms with van der Waals surface area (Å²) >= 11 is 2.07. The highest BCUT2D eigenvalue weighted by atomic mass is 35.5. The molecule has 6 heteroatoms. The fourth-order valence-electron chi connectivity index (χ4n) is 3.72. The van der Waals surface area contributed by atoms with Crippen molar-refractivity contribution in [2.24, 2.45) is 5.92 Å². The van der Waals surface area contributed by atoms with Crippen LogP contribution in [0, 0.1) is 5.92 Å². The molecule has 4 nitrogen and oxygen atoms in total. The first-order valence-electron chi connectivity index (χ1n) is 8.11. The summed E-state index contributed by atoms with van der Waals surface area (Å²) in [5, 5.41) is 6.44. The average molecular weight is 334 g/mol. The monoisotopic (exact) mass is 333 g/mol. The number of nitrogens with one attached hydrogen (secondary N) is 2. The number of nitrogens with zero attached hydrogens (tertiary/aromatic N) is 1. The van der Waals surface area contributed by atoms with Crippen molar-refractivity contribution in [2.45, 2.75) is 37.6 Å². The SMILES string of the molecule is Cl.O=C(NCC1(N2CCSCC2)CCCCC1)C1CNC1. The Balaban J connectivity index is 0.00000161. The van der Waals surface area contributed by atoms with Gasteiger partial charge in [-0.25, -0.2) is 0 Å². The Morgan fingerprint density at radius 2 is 1.86 bits per heavy atom. The van der Waals surface area contributed by atoms with Crippen LogP contribution in [0.5, 0.6) is 0 Å². The van der Waals surface area contributed by atoms with Crippen molar-refractivity contribution in [2.75, 3.05) is 44.2 Å². The van der Waals surface area contributed by atoms with Gasteiger partial charge in [0.25, 0.3) is 0 Å². The van der Waals surface area contributed by atoms with Gasteiger partial charge in [0.2, 0.25) is 5.91 Å². The third-order valence-corrected chi connectivity index (χ3v) is 6.15. The molecular weight excluding hydrogens is 306 g/mol. The van der Waals surface area contributed by atoms with Crippen molar-refractivity contribution in [3.05, 3.63) is 0 Å². The molecule has 2 aliphatic heterocycles. The van der Waals surface area contributed by atoms with Gasteiger partial charge in [-0.05, 0) is 12.8 Å². The number of carbonyl (C=O) groups is 1. The lowest BCUT2D eigenvalue weighted by molar-refractivity contribution is -0.127. The molecule has 0 spiro atoms. The van der Waals surface area contributed by atoms with Crippen molar-refractivity contribution >= 4 is 30.1 Å². The van der Waals surface area contributed by atoms with Gasteiger partial charge < -0.3 is 10.6 Å². The van der Waals surface area contributed by atoms with Crippen LogP contribution in [0.25, 0.3) is 0 Å². The molecule has 3 rings (SSSR count). The second-order valence-electron chi connectivity index (χ2n) is 6.46. The second kappa shape index (κ2) is 8.04. The smallest absolute Gasteiger partial charge is 0.225 e. The number of rotatable bonds is 4. The van der Waals surface area contributed by atoms with Gasteiger partial charge in [-0.1, -0.05) is 19.3 Å². The average Bonchev–Trinajstić information content (AvgIpc) is 2.45. The lowest BCUT2D eigenvalue weighted by Crippen LogP contribution is -2.60. The predicted molar refractivity (Wildman–Crippen MR) is 91.3 cm³/mol. The molecule has 0 aromatic carbocycles. The van der Waals surface area contributed by atoms with E-state index in [0.29, 0.717) is 0 Å². The summed E-state index contributed by atoms with van der Waals surface area (Å²) in [6.07, 6.45) is 6.54. The molecule has 1 saturated carbocycles. The number of thioether (sulfide) groups is 1. The van der Waals surface area contributed by atoms with E-state index in [1.54, 1.807) is 0 Å². The molecular formula is C15H28ClN3OS. The van der Waals surface area contributed by atoms with Gasteiger partial charge in [-0.2, -0.15) is 11.8 Å². The maximum atomic E-state index is 12.1. The highest BCUT2D eigenvalue weighted by Crippen LogP contribution is 2.34. The van der Waals surface area contributed by atoms with Crippen LogP contribution in [0.15, 0.2) is 0 Å². The van der Waals surface area contributed by atoms with Gasteiger partial charge in [-0.3, -0.25) is 9.69 Å². The molecule has 0 bridgehead atoms. The third-order valence-electron chi connectivity index (χ3n) is 5.21. The fourth-order valence-corrected chi connectivity index (χ4v) is 4.63. The molecule has 1 amide bonds. The molecule has 0 aromatic rings. The lowest BCUT2D eigenvalue weighted by Gasteiger charge is -2.48. The zero-order valence-electron chi connectivity index (χ0n) is 12.7. The number of amides is 1. The lowest BCUT2D eigenvalue weighted by atomic mass is 9.79. The summed E-state index contributed by atoms with van der Waals surface area (Å²) < 4.78 is 0. The second-order valence-corrected chi connectivity index (χ2v) is 7.68. The van der Waals surface area contributed by atoms with Crippen molar-refractivity contribution in [1.82, 2.24) is 15.5 Å². The Kier molecular flexibility index (Phi) is 6.66. The Labute approximate surface area is 138 Å². The van der Waals surface area contributed by atoms with E-state index in [4.69, 9.17) is 0 Å². The maximum Gasteiger partial charge on any atom is 0.225 e. The van der Waals surface area contributed by atoms with Crippen molar-refractivity contribution in [1.29, 1.82) is 0 Å². The van der Waals surface area contributed by atoms with Gasteiger partial charge in [0.1, 0.15) is 0 Å². The summed E-state index contributed by atoms with van der Waals surface area (Å²) in [5.41, 5.74) is 0.256. The summed E-state index contributed by atoms with van der Waals surface area (Å²) in [7, 11) is 0. The first kappa shape index (κ1) is 17.4. The number of carbonyl (C=O) groups excluding carboxylic acids is 1. The van der Waals surface area contributed by atoms with Crippen LogP contribution >= 0.6 is 24.2 Å². The van der Waals surface area contributed by atoms with Crippen LogP contribution in [-0.4, -0.2) is 60.6 Å². The van der Waals surface area contributed by atoms with Gasteiger partial charge in [0, 0.05) is 49.8 Å². The molecule has 1 aliphatic carbocycles. The first-order valence-corrected chi connectivity index (χ1v) is 9.27. The van der Waals surface area contributed by atoms with Crippen LogP contribution in [0.2, 0.25) is 0 Å². The van der Waals surface area contributed by atoms with Gasteiger partial charge >= 0.3 is 0 Å². The minimum absolute atomic E-state index is 0. The Morgan fingerprint density at radius 3 is 2.43 bits per heavy atom. The van der Waals surface area contributed by atoms with E-state index in [-0.39, 0.29) is 29.8 Å². The van der Waals surface area contributed by atoms with E-state index in [0.717, 1.165) is 19.6 Å². The number of hydrogen-bond acceptors (Lipinski definition) is 4. The van der Waals surface area contributed by atoms with E-state index < -0.39 is 0 Å². The minimum atomic E-state index is 0. The zero-order valence-corrected chi connectivity index (χ0v) is 14.4.